The van der Waals surface area contributed by atoms with Crippen molar-refractivity contribution in [2.45, 2.75) is 25.7 Å². The van der Waals surface area contributed by atoms with Crippen LogP contribution in [0.1, 0.15) is 25.7 Å². The molecule has 0 atom stereocenters. The Balaban J connectivity index is 2.81. The van der Waals surface area contributed by atoms with Crippen LogP contribution in [0.15, 0.2) is 0 Å². The van der Waals surface area contributed by atoms with Crippen molar-refractivity contribution in [2.24, 2.45) is 0 Å². The predicted molar refractivity (Wildman–Crippen MR) is 65.8 cm³/mol. The lowest BCUT2D eigenvalue weighted by Gasteiger charge is -2.05. The fourth-order valence-electron chi connectivity index (χ4n) is 1.12. The molecule has 0 spiro atoms. The van der Waals surface area contributed by atoms with Gasteiger partial charge in [0.05, 0.1) is 26.4 Å². The summed E-state index contributed by atoms with van der Waals surface area (Å²) >= 11 is 3.42. The Hall–Kier alpha value is 0.360. The molecule has 0 unspecified atom stereocenters. The molecule has 0 aliphatic rings. The van der Waals surface area contributed by atoms with E-state index in [1.165, 1.54) is 19.3 Å². The molecule has 0 amide bonds. The van der Waals surface area contributed by atoms with E-state index in [-0.39, 0.29) is 0 Å². The highest BCUT2D eigenvalue weighted by Gasteiger charge is 1.91. The van der Waals surface area contributed by atoms with Crippen LogP contribution in [0.4, 0.5) is 0 Å². The Morgan fingerprint density at radius 3 is 2.00 bits per heavy atom. The zero-order valence-electron chi connectivity index (χ0n) is 9.67. The average molecular weight is 283 g/mol. The van der Waals surface area contributed by atoms with Gasteiger partial charge in [0.25, 0.3) is 0 Å². The minimum absolute atomic E-state index is 0.658. The quantitative estimate of drug-likeness (QED) is 0.407. The van der Waals surface area contributed by atoms with E-state index in [4.69, 9.17) is 14.2 Å². The molecule has 0 bridgehead atoms. The molecule has 0 heterocycles. The number of halogens is 1. The van der Waals surface area contributed by atoms with Gasteiger partial charge in [0, 0.05) is 19.0 Å². The Labute approximate surface area is 102 Å². The monoisotopic (exact) mass is 282 g/mol. The second-order valence-corrected chi connectivity index (χ2v) is 4.11. The Morgan fingerprint density at radius 2 is 1.33 bits per heavy atom. The van der Waals surface area contributed by atoms with Gasteiger partial charge >= 0.3 is 0 Å². The standard InChI is InChI=1S/C11H23BrO3/c1-13-8-9-15-11-10-14-7-5-3-2-4-6-12/h2-11H2,1H3. The van der Waals surface area contributed by atoms with Crippen LogP contribution in [0.5, 0.6) is 0 Å². The first-order valence-corrected chi connectivity index (χ1v) is 6.74. The molecule has 0 N–H and O–H groups in total. The zero-order valence-corrected chi connectivity index (χ0v) is 11.3. The highest BCUT2D eigenvalue weighted by Crippen LogP contribution is 2.01. The molecule has 0 aromatic rings. The van der Waals surface area contributed by atoms with E-state index in [1.54, 1.807) is 7.11 Å². The highest BCUT2D eigenvalue weighted by atomic mass is 79.9. The van der Waals surface area contributed by atoms with E-state index in [1.807, 2.05) is 0 Å². The number of ether oxygens (including phenoxy) is 3. The molecule has 0 aromatic carbocycles. The number of alkyl halides is 1. The van der Waals surface area contributed by atoms with Gasteiger partial charge in [-0.1, -0.05) is 28.8 Å². The second-order valence-electron chi connectivity index (χ2n) is 3.32. The van der Waals surface area contributed by atoms with Crippen LogP contribution < -0.4 is 0 Å². The van der Waals surface area contributed by atoms with Gasteiger partial charge in [-0.3, -0.25) is 0 Å². The summed E-state index contributed by atoms with van der Waals surface area (Å²) in [6.45, 7) is 3.54. The normalized spacial score (nSPS) is 10.8. The third-order valence-electron chi connectivity index (χ3n) is 1.98. The van der Waals surface area contributed by atoms with E-state index in [0.717, 1.165) is 18.4 Å². The molecule has 0 aliphatic heterocycles. The van der Waals surface area contributed by atoms with Crippen LogP contribution in [0.25, 0.3) is 0 Å². The van der Waals surface area contributed by atoms with Crippen LogP contribution in [0.2, 0.25) is 0 Å². The van der Waals surface area contributed by atoms with Gasteiger partial charge in [0.2, 0.25) is 0 Å². The largest absolute Gasteiger partial charge is 0.382 e. The lowest BCUT2D eigenvalue weighted by Crippen LogP contribution is -2.08. The summed E-state index contributed by atoms with van der Waals surface area (Å²) in [6, 6.07) is 0. The molecule has 0 fully saturated rings. The van der Waals surface area contributed by atoms with E-state index in [2.05, 4.69) is 15.9 Å². The molecule has 0 saturated heterocycles. The van der Waals surface area contributed by atoms with Crippen LogP contribution >= 0.6 is 15.9 Å². The van der Waals surface area contributed by atoms with Gasteiger partial charge in [0.1, 0.15) is 0 Å². The Kier molecular flexibility index (Phi) is 14.7. The first-order valence-electron chi connectivity index (χ1n) is 5.62. The smallest absolute Gasteiger partial charge is 0.0701 e. The SMILES string of the molecule is COCCOCCOCCCCCCBr. The third kappa shape index (κ3) is 14.4. The Morgan fingerprint density at radius 1 is 0.733 bits per heavy atom. The van der Waals surface area contributed by atoms with Crippen molar-refractivity contribution in [3.63, 3.8) is 0 Å². The zero-order chi connectivity index (χ0) is 11.2. The molecule has 15 heavy (non-hydrogen) atoms. The molecule has 4 heteroatoms. The molecule has 0 saturated carbocycles. The molecular weight excluding hydrogens is 260 g/mol. The number of hydrogen-bond acceptors (Lipinski definition) is 3. The second kappa shape index (κ2) is 14.4. The van der Waals surface area contributed by atoms with Crippen LogP contribution in [0.3, 0.4) is 0 Å². The van der Waals surface area contributed by atoms with Crippen LogP contribution in [-0.4, -0.2) is 45.5 Å². The highest BCUT2D eigenvalue weighted by molar-refractivity contribution is 9.09. The fourth-order valence-corrected chi connectivity index (χ4v) is 1.51. The van der Waals surface area contributed by atoms with Gasteiger partial charge in [0.15, 0.2) is 0 Å². The van der Waals surface area contributed by atoms with Crippen LogP contribution in [0, 0.1) is 0 Å². The van der Waals surface area contributed by atoms with Crippen molar-refractivity contribution in [1.29, 1.82) is 0 Å². The maximum absolute atomic E-state index is 5.42. The first-order chi connectivity index (χ1) is 7.41. The van der Waals surface area contributed by atoms with E-state index < -0.39 is 0 Å². The summed E-state index contributed by atoms with van der Waals surface area (Å²) in [6.07, 6.45) is 4.97. The number of unbranched alkanes of at least 4 members (excludes halogenated alkanes) is 3. The van der Waals surface area contributed by atoms with E-state index in [9.17, 15) is 0 Å². The van der Waals surface area contributed by atoms with Crippen molar-refractivity contribution in [3.05, 3.63) is 0 Å². The predicted octanol–water partition coefficient (Wildman–Crippen LogP) is 2.62. The molecule has 0 aromatic heterocycles. The van der Waals surface area contributed by atoms with Gasteiger partial charge in [-0.25, -0.2) is 0 Å². The van der Waals surface area contributed by atoms with E-state index >= 15 is 0 Å². The molecule has 92 valence electrons. The molecule has 0 rings (SSSR count). The third-order valence-corrected chi connectivity index (χ3v) is 2.54. The summed E-state index contributed by atoms with van der Waals surface area (Å²) in [7, 11) is 1.67. The summed E-state index contributed by atoms with van der Waals surface area (Å²) in [5.41, 5.74) is 0. The number of rotatable bonds is 12. The minimum Gasteiger partial charge on any atom is -0.382 e. The van der Waals surface area contributed by atoms with Crippen molar-refractivity contribution >= 4 is 15.9 Å². The average Bonchev–Trinajstić information content (AvgIpc) is 2.26. The summed E-state index contributed by atoms with van der Waals surface area (Å²) in [4.78, 5) is 0. The van der Waals surface area contributed by atoms with Crippen molar-refractivity contribution in [2.75, 3.05) is 45.5 Å². The molecular formula is C11H23BrO3. The fraction of sp³-hybridized carbons (Fsp3) is 1.00. The maximum Gasteiger partial charge on any atom is 0.0701 e. The summed E-state index contributed by atoms with van der Waals surface area (Å²) in [5.74, 6) is 0. The lowest BCUT2D eigenvalue weighted by atomic mass is 10.2. The molecule has 0 aliphatic carbocycles. The van der Waals surface area contributed by atoms with Crippen molar-refractivity contribution in [1.82, 2.24) is 0 Å². The van der Waals surface area contributed by atoms with Gasteiger partial charge in [-0.05, 0) is 12.8 Å². The number of methoxy groups -OCH3 is 1. The van der Waals surface area contributed by atoms with Gasteiger partial charge in [-0.15, -0.1) is 0 Å². The van der Waals surface area contributed by atoms with Crippen molar-refractivity contribution in [3.8, 4) is 0 Å². The van der Waals surface area contributed by atoms with Gasteiger partial charge in [-0.2, -0.15) is 0 Å². The molecule has 3 nitrogen and oxygen atoms in total. The topological polar surface area (TPSA) is 27.7 Å². The maximum atomic E-state index is 5.42. The van der Waals surface area contributed by atoms with Crippen molar-refractivity contribution < 1.29 is 14.2 Å². The number of hydrogen-bond donors (Lipinski definition) is 0. The molecule has 0 radical (unpaired) electrons. The van der Waals surface area contributed by atoms with Crippen LogP contribution in [-0.2, 0) is 14.2 Å². The summed E-state index contributed by atoms with van der Waals surface area (Å²) < 4.78 is 15.5. The van der Waals surface area contributed by atoms with Gasteiger partial charge < -0.3 is 14.2 Å². The summed E-state index contributed by atoms with van der Waals surface area (Å²) in [5, 5.41) is 1.11. The lowest BCUT2D eigenvalue weighted by molar-refractivity contribution is 0.0240. The first kappa shape index (κ1) is 15.4. The Bertz CT molecular complexity index is 100. The minimum atomic E-state index is 0.658. The van der Waals surface area contributed by atoms with E-state index in [0.29, 0.717) is 26.4 Å².